The number of Topliss-reactive ketones (excluding diaryl/α,β-unsaturated/α-hetero) is 1. The molecule has 0 N–H and O–H groups in total. The lowest BCUT2D eigenvalue weighted by atomic mass is 10.0. The van der Waals surface area contributed by atoms with Crippen molar-refractivity contribution >= 4 is 5.78 Å². The molecule has 1 atom stereocenters. The predicted octanol–water partition coefficient (Wildman–Crippen LogP) is 2.70. The topological polar surface area (TPSA) is 26.3 Å². The number of hydrogen-bond donors (Lipinski definition) is 0. The van der Waals surface area contributed by atoms with E-state index in [0.717, 1.165) is 32.3 Å². The van der Waals surface area contributed by atoms with E-state index in [0.29, 0.717) is 17.8 Å². The molecule has 0 bridgehead atoms. The number of rotatable bonds is 4. The molecule has 2 heteroatoms. The van der Waals surface area contributed by atoms with Crippen LogP contribution in [-0.4, -0.2) is 18.5 Å². The van der Waals surface area contributed by atoms with E-state index in [9.17, 15) is 4.79 Å². The van der Waals surface area contributed by atoms with E-state index in [1.807, 2.05) is 0 Å². The second-order valence-electron chi connectivity index (χ2n) is 4.62. The molecular weight excluding hydrogens is 176 g/mol. The van der Waals surface area contributed by atoms with Crippen LogP contribution in [-0.2, 0) is 9.53 Å². The van der Waals surface area contributed by atoms with Crippen LogP contribution in [0, 0.1) is 5.92 Å². The minimum Gasteiger partial charge on any atom is -0.378 e. The Morgan fingerprint density at radius 1 is 1.14 bits per heavy atom. The number of carbonyl (C=O) groups excluding carboxylic acids is 1. The van der Waals surface area contributed by atoms with E-state index in [-0.39, 0.29) is 0 Å². The molecule has 14 heavy (non-hydrogen) atoms. The maximum atomic E-state index is 11.3. The molecule has 2 aliphatic carbocycles. The van der Waals surface area contributed by atoms with Crippen LogP contribution in [0.15, 0.2) is 0 Å². The highest BCUT2D eigenvalue weighted by molar-refractivity contribution is 5.82. The van der Waals surface area contributed by atoms with Crippen molar-refractivity contribution in [3.8, 4) is 0 Å². The average Bonchev–Trinajstić information content (AvgIpc) is 2.78. The second-order valence-corrected chi connectivity index (χ2v) is 4.62. The third-order valence-corrected chi connectivity index (χ3v) is 3.55. The van der Waals surface area contributed by atoms with Gasteiger partial charge in [-0.05, 0) is 32.1 Å². The van der Waals surface area contributed by atoms with Gasteiger partial charge in [-0.1, -0.05) is 12.8 Å². The molecule has 2 rings (SSSR count). The monoisotopic (exact) mass is 196 g/mol. The van der Waals surface area contributed by atoms with Crippen LogP contribution in [0.2, 0.25) is 0 Å². The first-order chi connectivity index (χ1) is 6.86. The molecule has 0 amide bonds. The molecular formula is C12H20O2. The molecule has 0 radical (unpaired) electrons. The third-order valence-electron chi connectivity index (χ3n) is 3.55. The van der Waals surface area contributed by atoms with Crippen LogP contribution in [0.4, 0.5) is 0 Å². The normalized spacial score (nSPS) is 28.9. The molecule has 80 valence electrons. The van der Waals surface area contributed by atoms with Crippen molar-refractivity contribution in [1.29, 1.82) is 0 Å². The second kappa shape index (κ2) is 4.92. The van der Waals surface area contributed by atoms with Gasteiger partial charge in [0.2, 0.25) is 0 Å². The Kier molecular flexibility index (Phi) is 3.57. The molecule has 2 aliphatic rings. The Morgan fingerprint density at radius 2 is 1.93 bits per heavy atom. The van der Waals surface area contributed by atoms with Gasteiger partial charge in [0.1, 0.15) is 5.78 Å². The highest BCUT2D eigenvalue weighted by Gasteiger charge is 2.24. The van der Waals surface area contributed by atoms with Crippen molar-refractivity contribution in [3.63, 3.8) is 0 Å². The number of ketones is 1. The maximum absolute atomic E-state index is 11.3. The van der Waals surface area contributed by atoms with Crippen molar-refractivity contribution in [2.45, 2.75) is 57.5 Å². The van der Waals surface area contributed by atoms with E-state index in [2.05, 4.69) is 0 Å². The first-order valence-electron chi connectivity index (χ1n) is 6.00. The largest absolute Gasteiger partial charge is 0.378 e. The molecule has 2 nitrogen and oxygen atoms in total. The molecule has 2 fully saturated rings. The molecule has 0 saturated heterocycles. The molecule has 2 saturated carbocycles. The Bertz CT molecular complexity index is 194. The average molecular weight is 196 g/mol. The SMILES string of the molecule is O=C1CCCC1CCOC1CCCC1. The third kappa shape index (κ3) is 2.57. The first-order valence-corrected chi connectivity index (χ1v) is 6.00. The van der Waals surface area contributed by atoms with E-state index in [1.54, 1.807) is 0 Å². The molecule has 0 aromatic carbocycles. The summed E-state index contributed by atoms with van der Waals surface area (Å²) in [5.41, 5.74) is 0. The number of hydrogen-bond acceptors (Lipinski definition) is 2. The van der Waals surface area contributed by atoms with Crippen LogP contribution in [0.25, 0.3) is 0 Å². The van der Waals surface area contributed by atoms with E-state index < -0.39 is 0 Å². The van der Waals surface area contributed by atoms with E-state index >= 15 is 0 Å². The summed E-state index contributed by atoms with van der Waals surface area (Å²) >= 11 is 0. The summed E-state index contributed by atoms with van der Waals surface area (Å²) in [5, 5.41) is 0. The minimum atomic E-state index is 0.330. The summed E-state index contributed by atoms with van der Waals surface area (Å²) in [6.45, 7) is 0.807. The lowest BCUT2D eigenvalue weighted by Gasteiger charge is -2.12. The van der Waals surface area contributed by atoms with Crippen LogP contribution in [0.3, 0.4) is 0 Å². The maximum Gasteiger partial charge on any atom is 0.136 e. The van der Waals surface area contributed by atoms with Crippen molar-refractivity contribution in [2.75, 3.05) is 6.61 Å². The summed E-state index contributed by atoms with van der Waals surface area (Å²) in [6, 6.07) is 0. The highest BCUT2D eigenvalue weighted by Crippen LogP contribution is 2.26. The Morgan fingerprint density at radius 3 is 2.57 bits per heavy atom. The zero-order chi connectivity index (χ0) is 9.80. The van der Waals surface area contributed by atoms with Gasteiger partial charge in [0, 0.05) is 18.9 Å². The van der Waals surface area contributed by atoms with Gasteiger partial charge >= 0.3 is 0 Å². The Labute approximate surface area is 86.0 Å². The first kappa shape index (κ1) is 10.2. The molecule has 0 heterocycles. The zero-order valence-electron chi connectivity index (χ0n) is 8.84. The highest BCUT2D eigenvalue weighted by atomic mass is 16.5. The van der Waals surface area contributed by atoms with E-state index in [4.69, 9.17) is 4.74 Å². The van der Waals surface area contributed by atoms with Gasteiger partial charge in [-0.15, -0.1) is 0 Å². The van der Waals surface area contributed by atoms with Gasteiger partial charge in [-0.25, -0.2) is 0 Å². The fourth-order valence-electron chi connectivity index (χ4n) is 2.63. The smallest absolute Gasteiger partial charge is 0.136 e. The van der Waals surface area contributed by atoms with Gasteiger partial charge < -0.3 is 4.74 Å². The standard InChI is InChI=1S/C12H20O2/c13-12-7-3-4-10(12)8-9-14-11-5-1-2-6-11/h10-11H,1-9H2. The van der Waals surface area contributed by atoms with Crippen molar-refractivity contribution < 1.29 is 9.53 Å². The van der Waals surface area contributed by atoms with Crippen LogP contribution < -0.4 is 0 Å². The summed E-state index contributed by atoms with van der Waals surface area (Å²) in [6.07, 6.45) is 9.62. The molecule has 0 spiro atoms. The summed E-state index contributed by atoms with van der Waals surface area (Å²) in [4.78, 5) is 11.3. The predicted molar refractivity (Wildman–Crippen MR) is 55.2 cm³/mol. The van der Waals surface area contributed by atoms with Crippen molar-refractivity contribution in [1.82, 2.24) is 0 Å². The fourth-order valence-corrected chi connectivity index (χ4v) is 2.63. The molecule has 0 aromatic heterocycles. The van der Waals surface area contributed by atoms with Crippen LogP contribution >= 0.6 is 0 Å². The Balaban J connectivity index is 1.60. The quantitative estimate of drug-likeness (QED) is 0.691. The number of carbonyl (C=O) groups is 1. The van der Waals surface area contributed by atoms with Gasteiger partial charge in [0.25, 0.3) is 0 Å². The summed E-state index contributed by atoms with van der Waals surface area (Å²) in [5.74, 6) is 0.802. The van der Waals surface area contributed by atoms with Crippen molar-refractivity contribution in [2.24, 2.45) is 5.92 Å². The lowest BCUT2D eigenvalue weighted by molar-refractivity contribution is -0.121. The van der Waals surface area contributed by atoms with Gasteiger partial charge in [0.05, 0.1) is 6.10 Å². The number of ether oxygens (including phenoxy) is 1. The minimum absolute atomic E-state index is 0.330. The fraction of sp³-hybridized carbons (Fsp3) is 0.917. The summed E-state index contributed by atoms with van der Waals surface area (Å²) < 4.78 is 5.76. The van der Waals surface area contributed by atoms with Gasteiger partial charge in [-0.2, -0.15) is 0 Å². The van der Waals surface area contributed by atoms with Crippen LogP contribution in [0.5, 0.6) is 0 Å². The Hall–Kier alpha value is -0.370. The van der Waals surface area contributed by atoms with Gasteiger partial charge in [0.15, 0.2) is 0 Å². The van der Waals surface area contributed by atoms with Gasteiger partial charge in [-0.3, -0.25) is 4.79 Å². The van der Waals surface area contributed by atoms with E-state index in [1.165, 1.54) is 25.7 Å². The van der Waals surface area contributed by atoms with Crippen LogP contribution in [0.1, 0.15) is 51.4 Å². The molecule has 1 unspecified atom stereocenters. The van der Waals surface area contributed by atoms with Crippen molar-refractivity contribution in [3.05, 3.63) is 0 Å². The summed E-state index contributed by atoms with van der Waals surface area (Å²) in [7, 11) is 0. The molecule has 0 aliphatic heterocycles. The zero-order valence-corrected chi connectivity index (χ0v) is 8.84. The lowest BCUT2D eigenvalue weighted by Crippen LogP contribution is -2.14. The molecule has 0 aromatic rings.